The smallest absolute Gasteiger partial charge is 0.221 e. The molecule has 0 saturated carbocycles. The summed E-state index contributed by atoms with van der Waals surface area (Å²) < 4.78 is 1.09. The molecular weight excluding hydrogens is 264 g/mol. The van der Waals surface area contributed by atoms with Crippen molar-refractivity contribution in [2.45, 2.75) is 13.0 Å². The zero-order valence-electron chi connectivity index (χ0n) is 7.97. The summed E-state index contributed by atoms with van der Waals surface area (Å²) in [7, 11) is 1.84. The molecule has 0 aliphatic carbocycles. The van der Waals surface area contributed by atoms with Gasteiger partial charge in [-0.25, -0.2) is 0 Å². The predicted octanol–water partition coefficient (Wildman–Crippen LogP) is 1.74. The van der Waals surface area contributed by atoms with Crippen LogP contribution < -0.4 is 10.6 Å². The second-order valence-corrected chi connectivity index (χ2v) is 5.38. The van der Waals surface area contributed by atoms with Gasteiger partial charge in [0.2, 0.25) is 5.91 Å². The summed E-state index contributed by atoms with van der Waals surface area (Å²) >= 11 is 5.02. The maximum absolute atomic E-state index is 11.2. The fraction of sp³-hybridized carbons (Fsp3) is 0.444. The SMILES string of the molecule is CNCCC(=O)NCc1ccc(Br)s1. The van der Waals surface area contributed by atoms with E-state index >= 15 is 0 Å². The number of carbonyl (C=O) groups is 1. The molecule has 1 rings (SSSR count). The summed E-state index contributed by atoms with van der Waals surface area (Å²) in [6.45, 7) is 1.35. The van der Waals surface area contributed by atoms with Gasteiger partial charge in [-0.15, -0.1) is 11.3 Å². The first-order valence-electron chi connectivity index (χ1n) is 4.38. The van der Waals surface area contributed by atoms with Crippen molar-refractivity contribution in [1.29, 1.82) is 0 Å². The minimum Gasteiger partial charge on any atom is -0.351 e. The minimum atomic E-state index is 0.0869. The summed E-state index contributed by atoms with van der Waals surface area (Å²) in [4.78, 5) is 12.4. The van der Waals surface area contributed by atoms with Crippen molar-refractivity contribution in [3.8, 4) is 0 Å². The topological polar surface area (TPSA) is 41.1 Å². The van der Waals surface area contributed by atoms with Crippen molar-refractivity contribution < 1.29 is 4.79 Å². The number of nitrogens with one attached hydrogen (secondary N) is 2. The Morgan fingerprint density at radius 1 is 1.57 bits per heavy atom. The summed E-state index contributed by atoms with van der Waals surface area (Å²) in [5.41, 5.74) is 0. The molecule has 0 fully saturated rings. The Bertz CT molecular complexity index is 301. The molecule has 0 saturated heterocycles. The van der Waals surface area contributed by atoms with Crippen molar-refractivity contribution in [1.82, 2.24) is 10.6 Å². The quantitative estimate of drug-likeness (QED) is 0.860. The normalized spacial score (nSPS) is 10.1. The summed E-state index contributed by atoms with van der Waals surface area (Å²) in [5.74, 6) is 0.0869. The van der Waals surface area contributed by atoms with E-state index in [1.807, 2.05) is 19.2 Å². The van der Waals surface area contributed by atoms with Gasteiger partial charge in [-0.1, -0.05) is 0 Å². The summed E-state index contributed by atoms with van der Waals surface area (Å²) in [6, 6.07) is 3.99. The molecule has 14 heavy (non-hydrogen) atoms. The molecule has 0 atom stereocenters. The van der Waals surface area contributed by atoms with E-state index < -0.39 is 0 Å². The van der Waals surface area contributed by atoms with E-state index in [1.165, 1.54) is 0 Å². The minimum absolute atomic E-state index is 0.0869. The Hall–Kier alpha value is -0.390. The monoisotopic (exact) mass is 276 g/mol. The van der Waals surface area contributed by atoms with E-state index in [9.17, 15) is 4.79 Å². The van der Waals surface area contributed by atoms with Crippen molar-refractivity contribution >= 4 is 33.2 Å². The van der Waals surface area contributed by atoms with Gasteiger partial charge in [-0.05, 0) is 35.1 Å². The Morgan fingerprint density at radius 2 is 2.36 bits per heavy atom. The van der Waals surface area contributed by atoms with Crippen molar-refractivity contribution in [2.24, 2.45) is 0 Å². The van der Waals surface area contributed by atoms with Crippen molar-refractivity contribution in [2.75, 3.05) is 13.6 Å². The zero-order valence-corrected chi connectivity index (χ0v) is 10.4. The fourth-order valence-electron chi connectivity index (χ4n) is 0.959. The number of rotatable bonds is 5. The van der Waals surface area contributed by atoms with Crippen LogP contribution in [0.2, 0.25) is 0 Å². The van der Waals surface area contributed by atoms with Crippen LogP contribution in [-0.4, -0.2) is 19.5 Å². The molecule has 1 heterocycles. The molecule has 1 amide bonds. The molecule has 0 bridgehead atoms. The first-order valence-corrected chi connectivity index (χ1v) is 5.99. The molecule has 2 N–H and O–H groups in total. The standard InChI is InChI=1S/C9H13BrN2OS/c1-11-5-4-9(13)12-6-7-2-3-8(10)14-7/h2-3,11H,4-6H2,1H3,(H,12,13). The van der Waals surface area contributed by atoms with Gasteiger partial charge in [0.1, 0.15) is 0 Å². The number of carbonyl (C=O) groups excluding carboxylic acids is 1. The molecule has 1 aromatic heterocycles. The maximum atomic E-state index is 11.2. The molecule has 0 radical (unpaired) electrons. The highest BCUT2D eigenvalue weighted by Crippen LogP contribution is 2.21. The van der Waals surface area contributed by atoms with Gasteiger partial charge in [0.05, 0.1) is 10.3 Å². The highest BCUT2D eigenvalue weighted by molar-refractivity contribution is 9.11. The molecule has 78 valence electrons. The highest BCUT2D eigenvalue weighted by Gasteiger charge is 2.01. The van der Waals surface area contributed by atoms with E-state index in [1.54, 1.807) is 11.3 Å². The van der Waals surface area contributed by atoms with Gasteiger partial charge in [0.15, 0.2) is 0 Å². The van der Waals surface area contributed by atoms with Crippen LogP contribution in [0, 0.1) is 0 Å². The van der Waals surface area contributed by atoms with Crippen LogP contribution in [0.5, 0.6) is 0 Å². The maximum Gasteiger partial charge on any atom is 0.221 e. The van der Waals surface area contributed by atoms with E-state index in [0.717, 1.165) is 15.2 Å². The molecule has 5 heteroatoms. The molecule has 1 aromatic rings. The molecule has 0 unspecified atom stereocenters. The summed E-state index contributed by atoms with van der Waals surface area (Å²) in [6.07, 6.45) is 0.531. The van der Waals surface area contributed by atoms with Gasteiger partial charge in [-0.3, -0.25) is 4.79 Å². The third-order valence-corrected chi connectivity index (χ3v) is 3.31. The number of thiophene rings is 1. The summed E-state index contributed by atoms with van der Waals surface area (Å²) in [5, 5.41) is 5.79. The molecule has 3 nitrogen and oxygen atoms in total. The average Bonchev–Trinajstić information content (AvgIpc) is 2.58. The van der Waals surface area contributed by atoms with Gasteiger partial charge >= 0.3 is 0 Å². The molecule has 0 aliphatic heterocycles. The van der Waals surface area contributed by atoms with E-state index in [-0.39, 0.29) is 5.91 Å². The lowest BCUT2D eigenvalue weighted by Crippen LogP contribution is -2.25. The van der Waals surface area contributed by atoms with Crippen LogP contribution in [0.4, 0.5) is 0 Å². The molecule has 0 aliphatic rings. The lowest BCUT2D eigenvalue weighted by atomic mass is 10.4. The molecule has 0 spiro atoms. The number of halogens is 1. The van der Waals surface area contributed by atoms with Gasteiger partial charge < -0.3 is 10.6 Å². The zero-order chi connectivity index (χ0) is 10.4. The Morgan fingerprint density at radius 3 is 2.93 bits per heavy atom. The third-order valence-electron chi connectivity index (χ3n) is 1.69. The highest BCUT2D eigenvalue weighted by atomic mass is 79.9. The first-order chi connectivity index (χ1) is 6.72. The van der Waals surface area contributed by atoms with Crippen molar-refractivity contribution in [3.63, 3.8) is 0 Å². The molecular formula is C9H13BrN2OS. The van der Waals surface area contributed by atoms with Crippen LogP contribution in [0.15, 0.2) is 15.9 Å². The third kappa shape index (κ3) is 4.21. The van der Waals surface area contributed by atoms with Crippen molar-refractivity contribution in [3.05, 3.63) is 20.8 Å². The molecule has 0 aromatic carbocycles. The van der Waals surface area contributed by atoms with Gasteiger partial charge in [0.25, 0.3) is 0 Å². The van der Waals surface area contributed by atoms with Crippen LogP contribution in [0.3, 0.4) is 0 Å². The lowest BCUT2D eigenvalue weighted by molar-refractivity contribution is -0.121. The van der Waals surface area contributed by atoms with Crippen LogP contribution in [0.1, 0.15) is 11.3 Å². The van der Waals surface area contributed by atoms with Crippen LogP contribution >= 0.6 is 27.3 Å². The van der Waals surface area contributed by atoms with E-state index in [2.05, 4.69) is 26.6 Å². The number of amides is 1. The lowest BCUT2D eigenvalue weighted by Gasteiger charge is -2.02. The van der Waals surface area contributed by atoms with Gasteiger partial charge in [-0.2, -0.15) is 0 Å². The number of hydrogen-bond donors (Lipinski definition) is 2. The largest absolute Gasteiger partial charge is 0.351 e. The van der Waals surface area contributed by atoms with E-state index in [4.69, 9.17) is 0 Å². The van der Waals surface area contributed by atoms with E-state index in [0.29, 0.717) is 13.0 Å². The van der Waals surface area contributed by atoms with Crippen LogP contribution in [0.25, 0.3) is 0 Å². The van der Waals surface area contributed by atoms with Crippen LogP contribution in [-0.2, 0) is 11.3 Å². The second-order valence-electron chi connectivity index (χ2n) is 2.84. The fourth-order valence-corrected chi connectivity index (χ4v) is 2.38. The number of hydrogen-bond acceptors (Lipinski definition) is 3. The second kappa shape index (κ2) is 6.16. The Labute approximate surface area is 96.0 Å². The van der Waals surface area contributed by atoms with Gasteiger partial charge in [0, 0.05) is 17.8 Å². The predicted molar refractivity (Wildman–Crippen MR) is 62.4 cm³/mol. The average molecular weight is 277 g/mol. The first kappa shape index (κ1) is 11.7. The Kier molecular flexibility index (Phi) is 5.14. The Balaban J connectivity index is 2.23.